The van der Waals surface area contributed by atoms with Crippen molar-refractivity contribution in [3.63, 3.8) is 0 Å². The molecular formula is C18H25BrN2O2. The molecule has 4 nitrogen and oxygen atoms in total. The summed E-state index contributed by atoms with van der Waals surface area (Å²) in [6.45, 7) is 2.88. The van der Waals surface area contributed by atoms with Gasteiger partial charge in [-0.25, -0.2) is 0 Å². The molecule has 0 aliphatic heterocycles. The van der Waals surface area contributed by atoms with E-state index >= 15 is 0 Å². The van der Waals surface area contributed by atoms with Gasteiger partial charge in [-0.2, -0.15) is 0 Å². The molecule has 2 rings (SSSR count). The van der Waals surface area contributed by atoms with Crippen LogP contribution in [0, 0.1) is 11.8 Å². The molecule has 0 atom stereocenters. The van der Waals surface area contributed by atoms with Gasteiger partial charge >= 0.3 is 0 Å². The summed E-state index contributed by atoms with van der Waals surface area (Å²) >= 11 is 3.38. The fourth-order valence-corrected chi connectivity index (χ4v) is 3.19. The Kier molecular flexibility index (Phi) is 7.09. The molecule has 0 saturated heterocycles. The highest BCUT2D eigenvalue weighted by molar-refractivity contribution is 9.10. The normalized spacial score (nSPS) is 20.8. The lowest BCUT2D eigenvalue weighted by Gasteiger charge is -2.27. The van der Waals surface area contributed by atoms with E-state index in [2.05, 4.69) is 33.5 Å². The SMILES string of the molecule is CCCCNC(=O)C1CCC(C(=O)Nc2ccc(Br)cc2)CC1. The highest BCUT2D eigenvalue weighted by Gasteiger charge is 2.29. The molecular weight excluding hydrogens is 356 g/mol. The smallest absolute Gasteiger partial charge is 0.227 e. The molecule has 126 valence electrons. The molecule has 0 spiro atoms. The average Bonchev–Trinajstić information content (AvgIpc) is 2.57. The summed E-state index contributed by atoms with van der Waals surface area (Å²) in [5, 5.41) is 5.96. The minimum absolute atomic E-state index is 0.0124. The van der Waals surface area contributed by atoms with E-state index in [1.165, 1.54) is 0 Å². The summed E-state index contributed by atoms with van der Waals surface area (Å²) in [7, 11) is 0. The molecule has 2 N–H and O–H groups in total. The topological polar surface area (TPSA) is 58.2 Å². The van der Waals surface area contributed by atoms with Gasteiger partial charge in [0.1, 0.15) is 0 Å². The Morgan fingerprint density at radius 1 is 1.04 bits per heavy atom. The molecule has 1 aliphatic carbocycles. The maximum Gasteiger partial charge on any atom is 0.227 e. The number of nitrogens with one attached hydrogen (secondary N) is 2. The lowest BCUT2D eigenvalue weighted by Crippen LogP contribution is -2.35. The Balaban J connectivity index is 1.76. The maximum atomic E-state index is 12.3. The van der Waals surface area contributed by atoms with E-state index in [9.17, 15) is 9.59 Å². The molecule has 1 aromatic rings. The van der Waals surface area contributed by atoms with E-state index in [1.807, 2.05) is 24.3 Å². The molecule has 2 amide bonds. The van der Waals surface area contributed by atoms with Gasteiger partial charge in [0.25, 0.3) is 0 Å². The molecule has 5 heteroatoms. The number of benzene rings is 1. The van der Waals surface area contributed by atoms with Crippen molar-refractivity contribution in [1.82, 2.24) is 5.32 Å². The fraction of sp³-hybridized carbons (Fsp3) is 0.556. The Morgan fingerprint density at radius 2 is 1.61 bits per heavy atom. The highest BCUT2D eigenvalue weighted by Crippen LogP contribution is 2.30. The molecule has 0 aromatic heterocycles. The summed E-state index contributed by atoms with van der Waals surface area (Å²) in [5.41, 5.74) is 0.817. The Morgan fingerprint density at radius 3 is 2.17 bits per heavy atom. The fourth-order valence-electron chi connectivity index (χ4n) is 2.93. The van der Waals surface area contributed by atoms with Crippen LogP contribution in [0.3, 0.4) is 0 Å². The van der Waals surface area contributed by atoms with E-state index in [1.54, 1.807) is 0 Å². The minimum atomic E-state index is 0.0124. The monoisotopic (exact) mass is 380 g/mol. The van der Waals surface area contributed by atoms with Crippen LogP contribution in [-0.4, -0.2) is 18.4 Å². The number of hydrogen-bond acceptors (Lipinski definition) is 2. The van der Waals surface area contributed by atoms with Crippen molar-refractivity contribution in [2.75, 3.05) is 11.9 Å². The largest absolute Gasteiger partial charge is 0.356 e. The first-order valence-corrected chi connectivity index (χ1v) is 9.23. The molecule has 1 saturated carbocycles. The second-order valence-corrected chi connectivity index (χ2v) is 7.10. The molecule has 0 radical (unpaired) electrons. The summed E-state index contributed by atoms with van der Waals surface area (Å²) in [5.74, 6) is 0.310. The van der Waals surface area contributed by atoms with Gasteiger partial charge in [-0.15, -0.1) is 0 Å². The van der Waals surface area contributed by atoms with Crippen LogP contribution < -0.4 is 10.6 Å². The van der Waals surface area contributed by atoms with Crippen molar-refractivity contribution in [3.05, 3.63) is 28.7 Å². The Bertz CT molecular complexity index is 522. The zero-order valence-electron chi connectivity index (χ0n) is 13.6. The molecule has 23 heavy (non-hydrogen) atoms. The summed E-state index contributed by atoms with van der Waals surface area (Å²) in [6.07, 6.45) is 5.29. The van der Waals surface area contributed by atoms with Crippen molar-refractivity contribution >= 4 is 33.4 Å². The van der Waals surface area contributed by atoms with E-state index in [0.717, 1.165) is 55.2 Å². The maximum absolute atomic E-state index is 12.3. The zero-order chi connectivity index (χ0) is 16.7. The first kappa shape index (κ1) is 18.0. The van der Waals surface area contributed by atoms with Gasteiger partial charge in [0, 0.05) is 28.5 Å². The van der Waals surface area contributed by atoms with Crippen molar-refractivity contribution in [1.29, 1.82) is 0 Å². The number of rotatable bonds is 6. The zero-order valence-corrected chi connectivity index (χ0v) is 15.2. The third-order valence-corrected chi connectivity index (χ3v) is 4.94. The number of halogens is 1. The van der Waals surface area contributed by atoms with E-state index in [0.29, 0.717) is 0 Å². The van der Waals surface area contributed by atoms with Gasteiger partial charge in [-0.1, -0.05) is 29.3 Å². The van der Waals surface area contributed by atoms with Crippen LogP contribution in [0.4, 0.5) is 5.69 Å². The summed E-state index contributed by atoms with van der Waals surface area (Å²) in [4.78, 5) is 24.4. The van der Waals surface area contributed by atoms with Crippen LogP contribution in [0.15, 0.2) is 28.7 Å². The standard InChI is InChI=1S/C18H25BrN2O2/c1-2-3-12-20-17(22)13-4-6-14(7-5-13)18(23)21-16-10-8-15(19)9-11-16/h8-11,13-14H,2-7,12H2,1H3,(H,20,22)(H,21,23). The van der Waals surface area contributed by atoms with Crippen molar-refractivity contribution < 1.29 is 9.59 Å². The molecule has 1 aliphatic rings. The summed E-state index contributed by atoms with van der Waals surface area (Å²) < 4.78 is 0.991. The Labute approximate surface area is 146 Å². The molecule has 1 aromatic carbocycles. The van der Waals surface area contributed by atoms with E-state index in [-0.39, 0.29) is 23.7 Å². The van der Waals surface area contributed by atoms with Crippen LogP contribution >= 0.6 is 15.9 Å². The predicted molar refractivity (Wildman–Crippen MR) is 96.1 cm³/mol. The van der Waals surface area contributed by atoms with Crippen LogP contribution in [-0.2, 0) is 9.59 Å². The van der Waals surface area contributed by atoms with E-state index in [4.69, 9.17) is 0 Å². The second-order valence-electron chi connectivity index (χ2n) is 6.19. The predicted octanol–water partition coefficient (Wildman–Crippen LogP) is 4.11. The quantitative estimate of drug-likeness (QED) is 0.729. The number of amides is 2. The summed E-state index contributed by atoms with van der Waals surface area (Å²) in [6, 6.07) is 7.59. The number of unbranched alkanes of at least 4 members (excludes halogenated alkanes) is 1. The number of carbonyl (C=O) groups excluding carboxylic acids is 2. The lowest BCUT2D eigenvalue weighted by molar-refractivity contribution is -0.128. The lowest BCUT2D eigenvalue weighted by atomic mass is 9.81. The number of hydrogen-bond donors (Lipinski definition) is 2. The third-order valence-electron chi connectivity index (χ3n) is 4.41. The van der Waals surface area contributed by atoms with Crippen LogP contribution in [0.1, 0.15) is 45.4 Å². The molecule has 1 fully saturated rings. The highest BCUT2D eigenvalue weighted by atomic mass is 79.9. The van der Waals surface area contributed by atoms with Gasteiger partial charge in [-0.05, 0) is 56.4 Å². The third kappa shape index (κ3) is 5.65. The van der Waals surface area contributed by atoms with E-state index < -0.39 is 0 Å². The van der Waals surface area contributed by atoms with Crippen molar-refractivity contribution in [2.24, 2.45) is 11.8 Å². The molecule has 0 bridgehead atoms. The van der Waals surface area contributed by atoms with Crippen molar-refractivity contribution in [2.45, 2.75) is 45.4 Å². The minimum Gasteiger partial charge on any atom is -0.356 e. The van der Waals surface area contributed by atoms with Gasteiger partial charge in [0.15, 0.2) is 0 Å². The molecule has 0 unspecified atom stereocenters. The average molecular weight is 381 g/mol. The van der Waals surface area contributed by atoms with Gasteiger partial charge in [-0.3, -0.25) is 9.59 Å². The van der Waals surface area contributed by atoms with Crippen LogP contribution in [0.25, 0.3) is 0 Å². The number of carbonyl (C=O) groups is 2. The van der Waals surface area contributed by atoms with Gasteiger partial charge in [0.05, 0.1) is 0 Å². The first-order chi connectivity index (χ1) is 11.1. The molecule has 0 heterocycles. The van der Waals surface area contributed by atoms with Gasteiger partial charge < -0.3 is 10.6 Å². The second kappa shape index (κ2) is 9.06. The van der Waals surface area contributed by atoms with Crippen LogP contribution in [0.5, 0.6) is 0 Å². The van der Waals surface area contributed by atoms with Crippen molar-refractivity contribution in [3.8, 4) is 0 Å². The van der Waals surface area contributed by atoms with Gasteiger partial charge in [0.2, 0.25) is 11.8 Å². The van der Waals surface area contributed by atoms with Crippen LogP contribution in [0.2, 0.25) is 0 Å². The Hall–Kier alpha value is -1.36. The number of anilines is 1. The first-order valence-electron chi connectivity index (χ1n) is 8.44.